The molecule has 162 valence electrons. The molecule has 2 N–H and O–H groups in total. The van der Waals surface area contributed by atoms with Crippen molar-refractivity contribution < 1.29 is 9.59 Å². The van der Waals surface area contributed by atoms with Gasteiger partial charge < -0.3 is 5.32 Å². The van der Waals surface area contributed by atoms with Crippen LogP contribution in [-0.4, -0.2) is 27.3 Å². The molecule has 0 atom stereocenters. The number of carbonyl (C=O) groups excluding carboxylic acids is 2. The van der Waals surface area contributed by atoms with Crippen LogP contribution in [0.3, 0.4) is 0 Å². The first kappa shape index (κ1) is 22.0. The zero-order valence-corrected chi connectivity index (χ0v) is 19.3. The van der Waals surface area contributed by atoms with Crippen LogP contribution in [0.15, 0.2) is 59.8 Å². The van der Waals surface area contributed by atoms with Crippen LogP contribution in [0.5, 0.6) is 0 Å². The number of fused-ring (bicyclic) bond motifs is 1. The Bertz CT molecular complexity index is 1380. The van der Waals surface area contributed by atoms with Crippen molar-refractivity contribution in [2.24, 2.45) is 12.1 Å². The van der Waals surface area contributed by atoms with E-state index in [4.69, 9.17) is 23.2 Å². The van der Waals surface area contributed by atoms with Gasteiger partial charge in [0.15, 0.2) is 0 Å². The van der Waals surface area contributed by atoms with Crippen LogP contribution in [-0.2, 0) is 7.05 Å². The minimum Gasteiger partial charge on any atom is -0.321 e. The van der Waals surface area contributed by atoms with E-state index < -0.39 is 5.91 Å². The van der Waals surface area contributed by atoms with E-state index in [2.05, 4.69) is 20.9 Å². The normalized spacial score (nSPS) is 11.6. The van der Waals surface area contributed by atoms with Crippen molar-refractivity contribution in [1.82, 2.24) is 15.2 Å². The van der Waals surface area contributed by atoms with Gasteiger partial charge in [0.25, 0.3) is 11.8 Å². The summed E-state index contributed by atoms with van der Waals surface area (Å²) in [5, 5.41) is 12.5. The van der Waals surface area contributed by atoms with E-state index in [9.17, 15) is 9.59 Å². The number of amides is 2. The van der Waals surface area contributed by atoms with Gasteiger partial charge in [0.05, 0.1) is 15.8 Å². The Morgan fingerprint density at radius 3 is 2.59 bits per heavy atom. The Morgan fingerprint density at radius 2 is 1.88 bits per heavy atom. The number of halogens is 2. The zero-order chi connectivity index (χ0) is 22.8. The number of aryl methyl sites for hydroxylation is 1. The molecule has 0 unspecified atom stereocenters. The molecule has 0 aliphatic heterocycles. The van der Waals surface area contributed by atoms with Gasteiger partial charge in [-0.05, 0) is 42.8 Å². The second-order valence-corrected chi connectivity index (χ2v) is 8.71. The highest BCUT2D eigenvalue weighted by atomic mass is 35.5. The summed E-state index contributed by atoms with van der Waals surface area (Å²) in [6, 6.07) is 14.2. The lowest BCUT2D eigenvalue weighted by Gasteiger charge is -2.08. The minimum atomic E-state index is -0.424. The van der Waals surface area contributed by atoms with E-state index in [1.54, 1.807) is 50.5 Å². The number of anilines is 1. The molecule has 2 aromatic carbocycles. The number of carbonyl (C=O) groups is 2. The summed E-state index contributed by atoms with van der Waals surface area (Å²) in [5.74, 6) is -0.699. The smallest absolute Gasteiger partial charge is 0.283 e. The van der Waals surface area contributed by atoms with Gasteiger partial charge in [-0.1, -0.05) is 41.4 Å². The lowest BCUT2D eigenvalue weighted by Crippen LogP contribution is -2.19. The molecule has 2 amide bonds. The monoisotopic (exact) mass is 485 g/mol. The first-order valence-corrected chi connectivity index (χ1v) is 11.0. The van der Waals surface area contributed by atoms with E-state index in [0.717, 1.165) is 10.3 Å². The summed E-state index contributed by atoms with van der Waals surface area (Å²) in [6.07, 6.45) is 1.56. The van der Waals surface area contributed by atoms with Gasteiger partial charge in [-0.2, -0.15) is 10.2 Å². The van der Waals surface area contributed by atoms with Gasteiger partial charge >= 0.3 is 0 Å². The molecule has 0 bridgehead atoms. The second kappa shape index (κ2) is 9.12. The number of rotatable bonds is 5. The third kappa shape index (κ3) is 4.38. The van der Waals surface area contributed by atoms with E-state index in [-0.39, 0.29) is 5.91 Å². The van der Waals surface area contributed by atoms with E-state index in [1.165, 1.54) is 16.0 Å². The van der Waals surface area contributed by atoms with Crippen molar-refractivity contribution in [1.29, 1.82) is 0 Å². The van der Waals surface area contributed by atoms with Crippen LogP contribution in [0.1, 0.15) is 32.6 Å². The Kier molecular flexibility index (Phi) is 6.27. The van der Waals surface area contributed by atoms with Crippen molar-refractivity contribution in [3.8, 4) is 0 Å². The maximum Gasteiger partial charge on any atom is 0.283 e. The number of thiophene rings is 1. The molecule has 2 aromatic heterocycles. The molecule has 2 heterocycles. The van der Waals surface area contributed by atoms with Crippen molar-refractivity contribution in [2.45, 2.75) is 6.92 Å². The van der Waals surface area contributed by atoms with Crippen molar-refractivity contribution >= 4 is 67.8 Å². The molecular weight excluding hydrogens is 469 g/mol. The molecule has 0 spiro atoms. The van der Waals surface area contributed by atoms with Crippen molar-refractivity contribution in [3.05, 3.63) is 80.9 Å². The number of hydrogen-bond donors (Lipinski definition) is 2. The lowest BCUT2D eigenvalue weighted by molar-refractivity contribution is 0.0958. The van der Waals surface area contributed by atoms with Crippen molar-refractivity contribution in [3.63, 3.8) is 0 Å². The van der Waals surface area contributed by atoms with Crippen LogP contribution in [0.4, 0.5) is 5.69 Å². The first-order valence-electron chi connectivity index (χ1n) is 9.46. The standard InChI is InChI=1S/C22H17Cl2N5O2S/c1-12(13-5-3-6-14(11-13)26-21(30)16-9-10-25-29(16)2)27-28-22(31)20-19(24)18-15(23)7-4-8-17(18)32-20/h3-11H,1-2H3,(H,26,30)(H,28,31). The number of aromatic nitrogens is 2. The molecule has 0 saturated carbocycles. The fourth-order valence-corrected chi connectivity index (χ4v) is 4.93. The Labute approximate surface area is 197 Å². The summed E-state index contributed by atoms with van der Waals surface area (Å²) >= 11 is 13.8. The quantitative estimate of drug-likeness (QED) is 0.295. The largest absolute Gasteiger partial charge is 0.321 e. The highest BCUT2D eigenvalue weighted by Gasteiger charge is 2.19. The minimum absolute atomic E-state index is 0.275. The topological polar surface area (TPSA) is 88.4 Å². The third-order valence-corrected chi connectivity index (χ3v) is 6.69. The van der Waals surface area contributed by atoms with Crippen LogP contribution in [0.2, 0.25) is 10.0 Å². The first-order chi connectivity index (χ1) is 15.3. The van der Waals surface area contributed by atoms with Gasteiger partial charge in [-0.25, -0.2) is 5.43 Å². The fraction of sp³-hybridized carbons (Fsp3) is 0.0909. The highest BCUT2D eigenvalue weighted by Crippen LogP contribution is 2.39. The van der Waals surface area contributed by atoms with Crippen LogP contribution < -0.4 is 10.7 Å². The maximum atomic E-state index is 12.7. The average molecular weight is 486 g/mol. The average Bonchev–Trinajstić information content (AvgIpc) is 3.36. The van der Waals surface area contributed by atoms with Gasteiger partial charge in [0.2, 0.25) is 0 Å². The molecular formula is C22H17Cl2N5O2S. The van der Waals surface area contributed by atoms with Gasteiger partial charge in [-0.15, -0.1) is 11.3 Å². The van der Waals surface area contributed by atoms with E-state index in [0.29, 0.717) is 37.4 Å². The molecule has 0 radical (unpaired) electrons. The van der Waals surface area contributed by atoms with Crippen molar-refractivity contribution in [2.75, 3.05) is 5.32 Å². The third-order valence-electron chi connectivity index (χ3n) is 4.73. The Hall–Kier alpha value is -3.20. The predicted octanol–water partition coefficient (Wildman–Crippen LogP) is 5.35. The molecule has 0 saturated heterocycles. The lowest BCUT2D eigenvalue weighted by atomic mass is 10.1. The molecule has 0 aliphatic rings. The SMILES string of the molecule is CC(=NNC(=O)c1sc2cccc(Cl)c2c1Cl)c1cccc(NC(=O)c2ccnn2C)c1. The molecule has 4 rings (SSSR count). The molecule has 10 heteroatoms. The predicted molar refractivity (Wildman–Crippen MR) is 129 cm³/mol. The fourth-order valence-electron chi connectivity index (χ4n) is 3.08. The number of hydrogen-bond acceptors (Lipinski definition) is 5. The van der Waals surface area contributed by atoms with Gasteiger partial charge in [0.1, 0.15) is 10.6 Å². The summed E-state index contributed by atoms with van der Waals surface area (Å²) in [6.45, 7) is 1.76. The van der Waals surface area contributed by atoms with E-state index >= 15 is 0 Å². The maximum absolute atomic E-state index is 12.7. The molecule has 0 aliphatic carbocycles. The highest BCUT2D eigenvalue weighted by molar-refractivity contribution is 7.21. The molecule has 32 heavy (non-hydrogen) atoms. The Balaban J connectivity index is 1.50. The molecule has 4 aromatic rings. The second-order valence-electron chi connectivity index (χ2n) is 6.87. The zero-order valence-electron chi connectivity index (χ0n) is 17.0. The van der Waals surface area contributed by atoms with Gasteiger partial charge in [0, 0.05) is 29.0 Å². The van der Waals surface area contributed by atoms with Crippen LogP contribution in [0.25, 0.3) is 10.1 Å². The Morgan fingerprint density at radius 1 is 1.09 bits per heavy atom. The molecule has 0 fully saturated rings. The summed E-state index contributed by atoms with van der Waals surface area (Å²) in [5.41, 5.74) is 4.87. The number of hydrazone groups is 1. The van der Waals surface area contributed by atoms with E-state index in [1.807, 2.05) is 18.2 Å². The number of nitrogens with zero attached hydrogens (tertiary/aromatic N) is 3. The number of benzene rings is 2. The van der Waals surface area contributed by atoms with Crippen LogP contribution >= 0.6 is 34.5 Å². The summed E-state index contributed by atoms with van der Waals surface area (Å²) in [7, 11) is 1.70. The summed E-state index contributed by atoms with van der Waals surface area (Å²) in [4.78, 5) is 25.4. The van der Waals surface area contributed by atoms with Gasteiger partial charge in [-0.3, -0.25) is 14.3 Å². The van der Waals surface area contributed by atoms with Crippen LogP contribution in [0, 0.1) is 0 Å². The summed E-state index contributed by atoms with van der Waals surface area (Å²) < 4.78 is 2.32. The number of nitrogens with one attached hydrogen (secondary N) is 2. The molecule has 7 nitrogen and oxygen atoms in total.